The third-order valence-electron chi connectivity index (χ3n) is 7.24. The van der Waals surface area contributed by atoms with Crippen molar-refractivity contribution in [2.24, 2.45) is 0 Å². The highest BCUT2D eigenvalue weighted by atomic mass is 14.1. The summed E-state index contributed by atoms with van der Waals surface area (Å²) in [4.78, 5) is 0. The van der Waals surface area contributed by atoms with Crippen molar-refractivity contribution in [1.29, 1.82) is 0 Å². The lowest BCUT2D eigenvalue weighted by Crippen LogP contribution is -2.29. The maximum Gasteiger partial charge on any atom is -0.00325 e. The quantitative estimate of drug-likeness (QED) is 0.154. The van der Waals surface area contributed by atoms with Gasteiger partial charge in [0.2, 0.25) is 0 Å². The van der Waals surface area contributed by atoms with Crippen molar-refractivity contribution in [2.45, 2.75) is 20.3 Å². The van der Waals surface area contributed by atoms with Gasteiger partial charge in [-0.15, -0.1) is 6.58 Å². The molecule has 0 fully saturated rings. The monoisotopic (exact) mass is 502 g/mol. The molecule has 0 saturated carbocycles. The predicted molar refractivity (Wildman–Crippen MR) is 170 cm³/mol. The van der Waals surface area contributed by atoms with Crippen LogP contribution in [0, 0.1) is 0 Å². The van der Waals surface area contributed by atoms with Gasteiger partial charge in [-0.05, 0) is 92.6 Å². The molecule has 0 heteroatoms. The average Bonchev–Trinajstić information content (AvgIpc) is 3.00. The normalized spacial score (nSPS) is 13.4. The molecule has 0 bridgehead atoms. The van der Waals surface area contributed by atoms with Gasteiger partial charge in [0.15, 0.2) is 0 Å². The van der Waals surface area contributed by atoms with Gasteiger partial charge in [0, 0.05) is 0 Å². The van der Waals surface area contributed by atoms with Crippen molar-refractivity contribution >= 4 is 27.5 Å². The van der Waals surface area contributed by atoms with Crippen LogP contribution < -0.4 is 10.4 Å². The molecule has 0 N–H and O–H groups in total. The van der Waals surface area contributed by atoms with Crippen LogP contribution in [0.1, 0.15) is 42.5 Å². The molecule has 0 heterocycles. The van der Waals surface area contributed by atoms with E-state index in [9.17, 15) is 0 Å². The van der Waals surface area contributed by atoms with Crippen LogP contribution in [0.5, 0.6) is 0 Å². The fourth-order valence-corrected chi connectivity index (χ4v) is 5.19. The molecule has 0 aliphatic heterocycles. The summed E-state index contributed by atoms with van der Waals surface area (Å²) in [5.74, 6) is 0. The second kappa shape index (κ2) is 12.2. The third kappa shape index (κ3) is 5.76. The molecule has 39 heavy (non-hydrogen) atoms. The highest BCUT2D eigenvalue weighted by molar-refractivity contribution is 5.89. The minimum atomic E-state index is 0.864. The Kier molecular flexibility index (Phi) is 8.15. The van der Waals surface area contributed by atoms with Crippen molar-refractivity contribution < 1.29 is 0 Å². The lowest BCUT2D eigenvalue weighted by molar-refractivity contribution is 1.39. The first kappa shape index (κ1) is 25.9. The molecule has 5 aromatic carbocycles. The topological polar surface area (TPSA) is 0 Å². The van der Waals surface area contributed by atoms with Crippen molar-refractivity contribution in [3.05, 3.63) is 185 Å². The number of fused-ring (bicyclic) bond motifs is 1. The maximum absolute atomic E-state index is 3.83. The summed E-state index contributed by atoms with van der Waals surface area (Å²) >= 11 is 0. The van der Waals surface area contributed by atoms with E-state index in [0.29, 0.717) is 0 Å². The standard InChI is InChI=1S/C39H34/c1-4-6-8-16-30(5-2)34-22-15-21-33(27-34)29(3)37-23-13-14-24-38(37)39(32-18-9-7-10-19-32)36-26-25-31-17-11-12-20-35(31)28-36/h4-5,7-28H,1,6H2,2-3H3/b16-8-,30-5+,37-29+,39-38+. The average molecular weight is 503 g/mol. The van der Waals surface area contributed by atoms with Crippen molar-refractivity contribution in [3.63, 3.8) is 0 Å². The fourth-order valence-electron chi connectivity index (χ4n) is 5.19. The third-order valence-corrected chi connectivity index (χ3v) is 7.24. The summed E-state index contributed by atoms with van der Waals surface area (Å²) in [6.07, 6.45) is 9.30. The molecule has 0 spiro atoms. The van der Waals surface area contributed by atoms with E-state index in [0.717, 1.165) is 6.42 Å². The lowest BCUT2D eigenvalue weighted by atomic mass is 9.91. The van der Waals surface area contributed by atoms with E-state index in [1.54, 1.807) is 0 Å². The van der Waals surface area contributed by atoms with Gasteiger partial charge in [-0.3, -0.25) is 0 Å². The Morgan fingerprint density at radius 2 is 1.28 bits per heavy atom. The summed E-state index contributed by atoms with van der Waals surface area (Å²) in [5, 5.41) is 4.98. The summed E-state index contributed by atoms with van der Waals surface area (Å²) in [6.45, 7) is 8.17. The van der Waals surface area contributed by atoms with Gasteiger partial charge in [-0.25, -0.2) is 0 Å². The molecule has 0 unspecified atom stereocenters. The summed E-state index contributed by atoms with van der Waals surface area (Å²) in [7, 11) is 0. The number of hydrogen-bond donors (Lipinski definition) is 0. The zero-order chi connectivity index (χ0) is 27.0. The molecule has 0 radical (unpaired) electrons. The first-order chi connectivity index (χ1) is 19.2. The second-order valence-electron chi connectivity index (χ2n) is 9.73. The predicted octanol–water partition coefficient (Wildman–Crippen LogP) is 8.84. The van der Waals surface area contributed by atoms with Crippen molar-refractivity contribution in [2.75, 3.05) is 0 Å². The van der Waals surface area contributed by atoms with E-state index < -0.39 is 0 Å². The minimum absolute atomic E-state index is 0.864. The lowest BCUT2D eigenvalue weighted by Gasteiger charge is -2.13. The van der Waals surface area contributed by atoms with Crippen LogP contribution in [0.4, 0.5) is 0 Å². The molecule has 0 aliphatic rings. The Bertz CT molecular complexity index is 1800. The Morgan fingerprint density at radius 3 is 2.05 bits per heavy atom. The Balaban J connectivity index is 1.78. The van der Waals surface area contributed by atoms with E-state index in [-0.39, 0.29) is 0 Å². The molecule has 5 rings (SSSR count). The molecule has 190 valence electrons. The summed E-state index contributed by atoms with van der Waals surface area (Å²) < 4.78 is 0. The minimum Gasteiger partial charge on any atom is -0.103 e. The van der Waals surface area contributed by atoms with E-state index in [1.165, 1.54) is 60.2 Å². The molecular formula is C39H34. The van der Waals surface area contributed by atoms with Crippen LogP contribution in [-0.4, -0.2) is 0 Å². The highest BCUT2D eigenvalue weighted by Gasteiger charge is 2.10. The van der Waals surface area contributed by atoms with Gasteiger partial charge >= 0.3 is 0 Å². The molecule has 0 atom stereocenters. The smallest absolute Gasteiger partial charge is 0.00325 e. The highest BCUT2D eigenvalue weighted by Crippen LogP contribution is 2.25. The molecule has 0 aliphatic carbocycles. The molecule has 5 aromatic rings. The molecule has 0 amide bonds. The van der Waals surface area contributed by atoms with Gasteiger partial charge in [0.05, 0.1) is 0 Å². The largest absolute Gasteiger partial charge is 0.103 e. The number of allylic oxidation sites excluding steroid dienone is 5. The Labute approximate surface area is 232 Å². The second-order valence-corrected chi connectivity index (χ2v) is 9.73. The van der Waals surface area contributed by atoms with Crippen LogP contribution in [0.2, 0.25) is 0 Å². The van der Waals surface area contributed by atoms with Crippen molar-refractivity contribution in [3.8, 4) is 0 Å². The number of benzene rings is 5. The number of rotatable bonds is 7. The Hall–Kier alpha value is -4.68. The van der Waals surface area contributed by atoms with Crippen LogP contribution in [0.25, 0.3) is 27.5 Å². The van der Waals surface area contributed by atoms with Gasteiger partial charge in [-0.2, -0.15) is 0 Å². The van der Waals surface area contributed by atoms with Crippen LogP contribution in [0.3, 0.4) is 0 Å². The van der Waals surface area contributed by atoms with Gasteiger partial charge in [0.1, 0.15) is 0 Å². The Morgan fingerprint density at radius 1 is 0.615 bits per heavy atom. The zero-order valence-electron chi connectivity index (χ0n) is 22.8. The SMILES string of the molecule is C=CC/C=C\C(=C/C)c1cccc(/C(C)=c2\cccc\c2=C(\c2ccccc2)c2ccc3ccccc3c2)c1. The van der Waals surface area contributed by atoms with Crippen LogP contribution >= 0.6 is 0 Å². The first-order valence-corrected chi connectivity index (χ1v) is 13.6. The van der Waals surface area contributed by atoms with Crippen LogP contribution in [0.15, 0.2) is 152 Å². The van der Waals surface area contributed by atoms with Gasteiger partial charge in [0.25, 0.3) is 0 Å². The van der Waals surface area contributed by atoms with E-state index in [1.807, 2.05) is 6.08 Å². The van der Waals surface area contributed by atoms with E-state index in [2.05, 4.69) is 160 Å². The maximum atomic E-state index is 3.83. The van der Waals surface area contributed by atoms with E-state index >= 15 is 0 Å². The molecule has 0 aromatic heterocycles. The fraction of sp³-hybridized carbons (Fsp3) is 0.0769. The molecular weight excluding hydrogens is 468 g/mol. The summed E-state index contributed by atoms with van der Waals surface area (Å²) in [6, 6.07) is 43.8. The van der Waals surface area contributed by atoms with Gasteiger partial charge < -0.3 is 0 Å². The molecule has 0 saturated heterocycles. The van der Waals surface area contributed by atoms with Crippen LogP contribution in [-0.2, 0) is 0 Å². The molecule has 0 nitrogen and oxygen atoms in total. The number of hydrogen-bond acceptors (Lipinski definition) is 0. The first-order valence-electron chi connectivity index (χ1n) is 13.6. The zero-order valence-corrected chi connectivity index (χ0v) is 22.8. The summed E-state index contributed by atoms with van der Waals surface area (Å²) in [5.41, 5.74) is 8.59. The van der Waals surface area contributed by atoms with Gasteiger partial charge in [-0.1, -0.05) is 133 Å². The van der Waals surface area contributed by atoms with E-state index in [4.69, 9.17) is 0 Å². The van der Waals surface area contributed by atoms with Crippen molar-refractivity contribution in [1.82, 2.24) is 0 Å².